The Labute approximate surface area is 113 Å². The zero-order valence-corrected chi connectivity index (χ0v) is 11.3. The fourth-order valence-electron chi connectivity index (χ4n) is 2.59. The van der Waals surface area contributed by atoms with Crippen LogP contribution in [-0.4, -0.2) is 41.6 Å². The highest BCUT2D eigenvalue weighted by Crippen LogP contribution is 2.15. The first kappa shape index (κ1) is 13.6. The van der Waals surface area contributed by atoms with E-state index in [1.54, 1.807) is 0 Å². The van der Waals surface area contributed by atoms with Crippen molar-refractivity contribution < 1.29 is 4.79 Å². The standard InChI is InChI=1S/C14H20N4O/c1-17-7-3-5-13(17)14(19)16-10-12-4-2-8-18(11-12)9-6-15/h3,5,7,12H,2,4,8-11H2,1H3,(H,16,19). The number of likely N-dealkylation sites (tertiary alicyclic amines) is 1. The summed E-state index contributed by atoms with van der Waals surface area (Å²) in [5.74, 6) is 0.427. The molecule has 102 valence electrons. The Hall–Kier alpha value is -1.80. The minimum absolute atomic E-state index is 0.0232. The molecule has 0 radical (unpaired) electrons. The third-order valence-electron chi connectivity index (χ3n) is 3.63. The normalized spacial score (nSPS) is 19.9. The number of hydrogen-bond acceptors (Lipinski definition) is 3. The zero-order valence-electron chi connectivity index (χ0n) is 11.3. The van der Waals surface area contributed by atoms with Crippen molar-refractivity contribution in [3.8, 4) is 6.07 Å². The molecule has 1 aliphatic rings. The van der Waals surface area contributed by atoms with Crippen LogP contribution in [0, 0.1) is 17.2 Å². The molecule has 2 heterocycles. The highest BCUT2D eigenvalue weighted by molar-refractivity contribution is 5.92. The Morgan fingerprint density at radius 1 is 1.63 bits per heavy atom. The molecule has 0 saturated carbocycles. The van der Waals surface area contributed by atoms with E-state index in [1.165, 1.54) is 0 Å². The van der Waals surface area contributed by atoms with Gasteiger partial charge in [0.1, 0.15) is 5.69 Å². The topological polar surface area (TPSA) is 61.1 Å². The maximum atomic E-state index is 12.0. The molecule has 1 saturated heterocycles. The largest absolute Gasteiger partial charge is 0.350 e. The molecule has 1 aromatic rings. The van der Waals surface area contributed by atoms with Crippen LogP contribution in [0.15, 0.2) is 18.3 Å². The lowest BCUT2D eigenvalue weighted by atomic mass is 9.98. The number of rotatable bonds is 4. The minimum atomic E-state index is -0.0232. The van der Waals surface area contributed by atoms with Crippen LogP contribution in [0.25, 0.3) is 0 Å². The maximum Gasteiger partial charge on any atom is 0.267 e. The van der Waals surface area contributed by atoms with Crippen molar-refractivity contribution in [3.63, 3.8) is 0 Å². The molecule has 5 nitrogen and oxygen atoms in total. The van der Waals surface area contributed by atoms with Crippen molar-refractivity contribution in [1.82, 2.24) is 14.8 Å². The van der Waals surface area contributed by atoms with E-state index in [0.29, 0.717) is 24.7 Å². The van der Waals surface area contributed by atoms with Gasteiger partial charge in [0, 0.05) is 26.3 Å². The van der Waals surface area contributed by atoms with E-state index in [2.05, 4.69) is 16.3 Å². The monoisotopic (exact) mass is 260 g/mol. The Morgan fingerprint density at radius 2 is 2.47 bits per heavy atom. The number of amides is 1. The molecule has 5 heteroatoms. The molecule has 1 aliphatic heterocycles. The van der Waals surface area contributed by atoms with Gasteiger partial charge < -0.3 is 9.88 Å². The minimum Gasteiger partial charge on any atom is -0.350 e. The quantitative estimate of drug-likeness (QED) is 0.821. The lowest BCUT2D eigenvalue weighted by molar-refractivity contribution is 0.0927. The van der Waals surface area contributed by atoms with E-state index >= 15 is 0 Å². The number of hydrogen-bond donors (Lipinski definition) is 1. The van der Waals surface area contributed by atoms with Gasteiger partial charge in [-0.3, -0.25) is 9.69 Å². The summed E-state index contributed by atoms with van der Waals surface area (Å²) in [7, 11) is 1.87. The van der Waals surface area contributed by atoms with Gasteiger partial charge in [-0.2, -0.15) is 5.26 Å². The van der Waals surface area contributed by atoms with E-state index in [1.807, 2.05) is 29.9 Å². The average Bonchev–Trinajstić information content (AvgIpc) is 2.83. The Morgan fingerprint density at radius 3 is 3.16 bits per heavy atom. The second-order valence-electron chi connectivity index (χ2n) is 5.12. The molecule has 1 fully saturated rings. The second kappa shape index (κ2) is 6.39. The number of carbonyl (C=O) groups is 1. The number of aryl methyl sites for hydroxylation is 1. The van der Waals surface area contributed by atoms with Gasteiger partial charge in [-0.05, 0) is 37.4 Å². The highest BCUT2D eigenvalue weighted by Gasteiger charge is 2.20. The fraction of sp³-hybridized carbons (Fsp3) is 0.571. The summed E-state index contributed by atoms with van der Waals surface area (Å²) in [4.78, 5) is 14.1. The highest BCUT2D eigenvalue weighted by atomic mass is 16.1. The van der Waals surface area contributed by atoms with Crippen LogP contribution in [0.5, 0.6) is 0 Å². The van der Waals surface area contributed by atoms with Crippen molar-refractivity contribution in [2.45, 2.75) is 12.8 Å². The summed E-state index contributed by atoms with van der Waals surface area (Å²) in [5, 5.41) is 11.7. The van der Waals surface area contributed by atoms with Crippen molar-refractivity contribution in [2.24, 2.45) is 13.0 Å². The molecule has 0 aliphatic carbocycles. The van der Waals surface area contributed by atoms with Gasteiger partial charge in [0.15, 0.2) is 0 Å². The first-order valence-electron chi connectivity index (χ1n) is 6.69. The summed E-state index contributed by atoms with van der Waals surface area (Å²) in [6, 6.07) is 5.87. The molecule has 19 heavy (non-hydrogen) atoms. The number of piperidine rings is 1. The third-order valence-corrected chi connectivity index (χ3v) is 3.63. The lowest BCUT2D eigenvalue weighted by Gasteiger charge is -2.31. The molecule has 1 aromatic heterocycles. The van der Waals surface area contributed by atoms with E-state index in [0.717, 1.165) is 25.9 Å². The molecular weight excluding hydrogens is 240 g/mol. The zero-order chi connectivity index (χ0) is 13.7. The van der Waals surface area contributed by atoms with Crippen LogP contribution in [0.4, 0.5) is 0 Å². The molecular formula is C14H20N4O. The molecule has 0 bridgehead atoms. The SMILES string of the molecule is Cn1cccc1C(=O)NCC1CCCN(CC#N)C1. The van der Waals surface area contributed by atoms with Crippen LogP contribution in [0.3, 0.4) is 0 Å². The van der Waals surface area contributed by atoms with Gasteiger partial charge in [0.2, 0.25) is 0 Å². The predicted octanol–water partition coefficient (Wildman–Crippen LogP) is 0.990. The van der Waals surface area contributed by atoms with Gasteiger partial charge in [-0.15, -0.1) is 0 Å². The smallest absolute Gasteiger partial charge is 0.267 e. The van der Waals surface area contributed by atoms with Crippen molar-refractivity contribution >= 4 is 5.91 Å². The summed E-state index contributed by atoms with van der Waals surface area (Å²) in [6.07, 6.45) is 4.09. The van der Waals surface area contributed by atoms with Gasteiger partial charge in [-0.1, -0.05) is 0 Å². The molecule has 2 rings (SSSR count). The average molecular weight is 260 g/mol. The Balaban J connectivity index is 1.81. The van der Waals surface area contributed by atoms with Crippen LogP contribution in [0.2, 0.25) is 0 Å². The first-order valence-corrected chi connectivity index (χ1v) is 6.69. The van der Waals surface area contributed by atoms with Crippen molar-refractivity contribution in [1.29, 1.82) is 5.26 Å². The Kier molecular flexibility index (Phi) is 4.58. The van der Waals surface area contributed by atoms with Crippen molar-refractivity contribution in [2.75, 3.05) is 26.2 Å². The van der Waals surface area contributed by atoms with Crippen LogP contribution < -0.4 is 5.32 Å². The third kappa shape index (κ3) is 3.58. The van der Waals surface area contributed by atoms with Gasteiger partial charge in [0.05, 0.1) is 12.6 Å². The number of nitrogens with zero attached hydrogens (tertiary/aromatic N) is 3. The van der Waals surface area contributed by atoms with E-state index < -0.39 is 0 Å². The molecule has 1 N–H and O–H groups in total. The number of aromatic nitrogens is 1. The Bertz CT molecular complexity index is 474. The van der Waals surface area contributed by atoms with Gasteiger partial charge in [0.25, 0.3) is 5.91 Å². The van der Waals surface area contributed by atoms with Crippen molar-refractivity contribution in [3.05, 3.63) is 24.0 Å². The number of carbonyl (C=O) groups excluding carboxylic acids is 1. The van der Waals surface area contributed by atoms with Crippen LogP contribution >= 0.6 is 0 Å². The summed E-state index contributed by atoms with van der Waals surface area (Å²) in [5.41, 5.74) is 0.685. The summed E-state index contributed by atoms with van der Waals surface area (Å²) >= 11 is 0. The fourth-order valence-corrected chi connectivity index (χ4v) is 2.59. The van der Waals surface area contributed by atoms with E-state index in [-0.39, 0.29) is 5.91 Å². The van der Waals surface area contributed by atoms with Gasteiger partial charge >= 0.3 is 0 Å². The van der Waals surface area contributed by atoms with E-state index in [9.17, 15) is 4.79 Å². The first-order chi connectivity index (χ1) is 9.20. The summed E-state index contributed by atoms with van der Waals surface area (Å²) in [6.45, 7) is 3.07. The number of nitriles is 1. The maximum absolute atomic E-state index is 12.0. The lowest BCUT2D eigenvalue weighted by Crippen LogP contribution is -2.41. The molecule has 0 spiro atoms. The number of nitrogens with one attached hydrogen (secondary N) is 1. The van der Waals surface area contributed by atoms with Crippen LogP contribution in [-0.2, 0) is 7.05 Å². The summed E-state index contributed by atoms with van der Waals surface area (Å²) < 4.78 is 1.82. The molecule has 1 amide bonds. The van der Waals surface area contributed by atoms with Gasteiger partial charge in [-0.25, -0.2) is 0 Å². The molecule has 1 unspecified atom stereocenters. The molecule has 0 aromatic carbocycles. The van der Waals surface area contributed by atoms with Crippen LogP contribution in [0.1, 0.15) is 23.3 Å². The van der Waals surface area contributed by atoms with E-state index in [4.69, 9.17) is 5.26 Å². The predicted molar refractivity (Wildman–Crippen MR) is 72.5 cm³/mol. The second-order valence-corrected chi connectivity index (χ2v) is 5.12. The molecule has 1 atom stereocenters.